The molecule has 8 nitrogen and oxygen atoms in total. The number of hydrogen-bond acceptors (Lipinski definition) is 6. The second-order valence-corrected chi connectivity index (χ2v) is 44.5. The van der Waals surface area contributed by atoms with E-state index in [4.69, 9.17) is 0 Å². The molecule has 0 aliphatic carbocycles. The minimum absolute atomic E-state index is 0.0240. The predicted octanol–water partition coefficient (Wildman–Crippen LogP) is 28.3. The van der Waals surface area contributed by atoms with Gasteiger partial charge in [-0.25, -0.2) is 0 Å². The van der Waals surface area contributed by atoms with Crippen LogP contribution in [0.1, 0.15) is 49.9 Å². The van der Waals surface area contributed by atoms with Crippen molar-refractivity contribution in [2.75, 3.05) is 19.6 Å². The fourth-order valence-corrected chi connectivity index (χ4v) is 31.0. The molecule has 13 heteroatoms. The number of fused-ring (bicyclic) bond motifs is 32. The van der Waals surface area contributed by atoms with Gasteiger partial charge in [0.2, 0.25) is 0 Å². The Balaban J connectivity index is 0.510. The van der Waals surface area contributed by atoms with Crippen LogP contribution in [0.3, 0.4) is 0 Å². The van der Waals surface area contributed by atoms with Gasteiger partial charge in [-0.15, -0.1) is 0 Å². The zero-order valence-corrected chi connectivity index (χ0v) is 81.1. The SMILES string of the molecule is CC1(C)c2ccccc2N2c3cc(-c4ccc(-n5c6ccccc6c6cc(-c7cc8c9c(c7)c7ccccc7n9-c7cccc9c7B8c7cccc8c%10ccccc%10n-9c78)ccc65)cc4)cc4c3B(c3cccc1c32)c1cc(-c2cccc3c2c2ccccc2n3-c2ccc(-c3cc5c6c(c3)N3c7ccccc7Sc7cccc(c73)B6c3cccc6c3N5c3ccccc3S6)cc2)cc2c1N4c1ccccc1C2(C)C. The van der Waals surface area contributed by atoms with Gasteiger partial charge in [0.1, 0.15) is 0 Å². The Kier molecular flexibility index (Phi) is 15.0. The van der Waals surface area contributed by atoms with Crippen LogP contribution >= 0.6 is 23.5 Å². The van der Waals surface area contributed by atoms with Crippen molar-refractivity contribution in [2.24, 2.45) is 0 Å². The average Bonchev–Trinajstić information content (AvgIpc) is 1.62. The van der Waals surface area contributed by atoms with Crippen molar-refractivity contribution in [1.29, 1.82) is 0 Å². The van der Waals surface area contributed by atoms with Gasteiger partial charge in [-0.2, -0.15) is 0 Å². The van der Waals surface area contributed by atoms with Crippen LogP contribution in [0.2, 0.25) is 0 Å². The zero-order valence-electron chi connectivity index (χ0n) is 79.5. The lowest BCUT2D eigenvalue weighted by molar-refractivity contribution is 0.632. The molecule has 10 aliphatic rings. The number of nitrogens with zero attached hydrogens (tertiary/aromatic N) is 8. The van der Waals surface area contributed by atoms with Crippen LogP contribution in [0, 0.1) is 0 Å². The van der Waals surface area contributed by atoms with Gasteiger partial charge >= 0.3 is 0 Å². The molecule has 0 fully saturated rings. The smallest absolute Gasteiger partial charge is 0.252 e. The van der Waals surface area contributed by atoms with E-state index in [0.717, 1.165) is 16.9 Å². The van der Waals surface area contributed by atoms with Crippen LogP contribution < -0.4 is 68.8 Å². The maximum atomic E-state index is 2.70. The summed E-state index contributed by atoms with van der Waals surface area (Å²) in [4.78, 5) is 15.7. The van der Waals surface area contributed by atoms with Gasteiger partial charge in [0.05, 0.1) is 67.2 Å². The standard InChI is InChI=1S/C132H81B3N8S2/c1-131(2)91-33-9-15-44-106(91)140-113-70-78(74-55-60-81(61-56-74)136-101-40-11-6-28-85(101)89-65-76(59-64-105(89)136)77-66-90-86-29-7-13-42-103(86)139-112-50-26-49-111-122(112)134(99(68-77)126(90)139)95-36-21-32-87-84-27-5-12-41-102(84)138(111)125(87)95)71-114-124(113)135(96-37-23-35-93(131)127(96)140)100-69-80(67-94-128(100)141(114)107-45-16-10-34-92(107)132(94,3)4)83-31-22-48-110-121(83)88-30-8-14-43-104(88)137(110)82-62-57-75(58-63-82)79-72-115-123-116(73-79)143-109-47-18-20-52-118(109)145-120-54-25-39-98(130(120)143)133(123)97-38-24-53-119-129(97)142(115)108-46-17-19-51-117(108)144-119/h5-73H,1-4H3. The summed E-state index contributed by atoms with van der Waals surface area (Å²) in [5.41, 5.74) is 55.6. The maximum Gasteiger partial charge on any atom is 0.252 e. The van der Waals surface area contributed by atoms with E-state index in [0.29, 0.717) is 0 Å². The highest BCUT2D eigenvalue weighted by molar-refractivity contribution is 8.00. The molecule has 0 unspecified atom stereocenters. The first-order valence-corrected chi connectivity index (χ1v) is 52.5. The van der Waals surface area contributed by atoms with E-state index >= 15 is 0 Å². The third-order valence-electron chi connectivity index (χ3n) is 34.8. The number of anilines is 12. The van der Waals surface area contributed by atoms with Gasteiger partial charge in [-0.05, 0) is 280 Å². The summed E-state index contributed by atoms with van der Waals surface area (Å²) in [7, 11) is 0. The van der Waals surface area contributed by atoms with E-state index in [1.165, 1.54) is 297 Å². The summed E-state index contributed by atoms with van der Waals surface area (Å²) in [6.45, 7) is 9.79. The Bertz CT molecular complexity index is 10200. The first-order chi connectivity index (χ1) is 71.5. The topological polar surface area (TPSA) is 32.7 Å². The summed E-state index contributed by atoms with van der Waals surface area (Å²) in [6, 6.07) is 162. The summed E-state index contributed by atoms with van der Waals surface area (Å²) in [5.74, 6) is 0. The molecule has 0 saturated carbocycles. The number of para-hydroxylation sites is 12. The summed E-state index contributed by atoms with van der Waals surface area (Å²) < 4.78 is 10.2. The molecule has 14 heterocycles. The molecular weight excluding hydrogens is 1790 g/mol. The molecule has 10 aliphatic heterocycles. The van der Waals surface area contributed by atoms with Gasteiger partial charge in [0.15, 0.2) is 0 Å². The van der Waals surface area contributed by atoms with Gasteiger partial charge < -0.3 is 37.9 Å². The minimum atomic E-state index is -0.426. The molecule has 145 heavy (non-hydrogen) atoms. The fraction of sp³-hybridized carbons (Fsp3) is 0.0455. The molecule has 670 valence electrons. The Morgan fingerprint density at radius 3 is 1.17 bits per heavy atom. The van der Waals surface area contributed by atoms with Gasteiger partial charge in [0, 0.05) is 141 Å². The van der Waals surface area contributed by atoms with Crippen molar-refractivity contribution < 1.29 is 0 Å². The summed E-state index contributed by atoms with van der Waals surface area (Å²) in [6.07, 6.45) is 0. The van der Waals surface area contributed by atoms with Crippen molar-refractivity contribution in [3.05, 3.63) is 441 Å². The molecule has 0 radical (unpaired) electrons. The molecule has 0 saturated heterocycles. The second-order valence-electron chi connectivity index (χ2n) is 42.4. The normalized spacial score (nSPS) is 14.9. The van der Waals surface area contributed by atoms with E-state index in [1.54, 1.807) is 0 Å². The zero-order chi connectivity index (χ0) is 94.5. The Morgan fingerprint density at radius 2 is 0.566 bits per heavy atom. The summed E-state index contributed by atoms with van der Waals surface area (Å²) >= 11 is 3.79. The highest BCUT2D eigenvalue weighted by Crippen LogP contribution is 2.62. The summed E-state index contributed by atoms with van der Waals surface area (Å²) in [5, 5.41) is 10.1. The number of rotatable bonds is 6. The Labute approximate surface area is 845 Å². The van der Waals surface area contributed by atoms with E-state index in [-0.39, 0.29) is 25.6 Å². The highest BCUT2D eigenvalue weighted by atomic mass is 32.2. The molecular formula is C132H81B3N8S2. The Hall–Kier alpha value is -17.1. The molecule has 21 aromatic carbocycles. The largest absolute Gasteiger partial charge is 0.311 e. The van der Waals surface area contributed by atoms with Crippen LogP contribution in [-0.4, -0.2) is 38.4 Å². The molecule has 4 aromatic heterocycles. The van der Waals surface area contributed by atoms with Gasteiger partial charge in [0.25, 0.3) is 20.1 Å². The average molecular weight is 1880 g/mol. The van der Waals surface area contributed by atoms with E-state index in [2.05, 4.69) is 484 Å². The van der Waals surface area contributed by atoms with Crippen molar-refractivity contribution in [1.82, 2.24) is 18.3 Å². The number of benzene rings is 21. The first-order valence-electron chi connectivity index (χ1n) is 50.9. The lowest BCUT2D eigenvalue weighted by atomic mass is 9.32. The third-order valence-corrected chi connectivity index (χ3v) is 37.0. The van der Waals surface area contributed by atoms with Crippen LogP contribution in [0.5, 0.6) is 0 Å². The fourth-order valence-electron chi connectivity index (χ4n) is 28.8. The molecule has 0 N–H and O–H groups in total. The molecule has 25 aromatic rings. The Morgan fingerprint density at radius 1 is 0.200 bits per heavy atom. The molecule has 0 atom stereocenters. The lowest BCUT2D eigenvalue weighted by Crippen LogP contribution is -2.63. The van der Waals surface area contributed by atoms with Crippen molar-refractivity contribution in [3.63, 3.8) is 0 Å². The molecule has 0 bridgehead atoms. The quantitative estimate of drug-likeness (QED) is 0.154. The monoisotopic (exact) mass is 1870 g/mol. The molecule has 0 amide bonds. The van der Waals surface area contributed by atoms with E-state index in [9.17, 15) is 0 Å². The van der Waals surface area contributed by atoms with Crippen LogP contribution in [-0.2, 0) is 10.8 Å². The number of hydrogen-bond donors (Lipinski definition) is 0. The van der Waals surface area contributed by atoms with E-state index in [1.807, 2.05) is 23.5 Å². The third kappa shape index (κ3) is 9.87. The lowest BCUT2D eigenvalue weighted by Gasteiger charge is -2.52. The van der Waals surface area contributed by atoms with Gasteiger partial charge in [-0.1, -0.05) is 306 Å². The van der Waals surface area contributed by atoms with Gasteiger partial charge in [-0.3, -0.25) is 0 Å². The second kappa shape index (κ2) is 27.6. The minimum Gasteiger partial charge on any atom is -0.311 e. The van der Waals surface area contributed by atoms with Crippen molar-refractivity contribution in [2.45, 2.75) is 58.1 Å². The van der Waals surface area contributed by atoms with Crippen molar-refractivity contribution >= 4 is 248 Å². The first kappa shape index (κ1) is 78.6. The molecule has 35 rings (SSSR count). The highest BCUT2D eigenvalue weighted by Gasteiger charge is 2.54. The van der Waals surface area contributed by atoms with Crippen LogP contribution in [0.25, 0.3) is 154 Å². The van der Waals surface area contributed by atoms with Crippen LogP contribution in [0.15, 0.2) is 438 Å². The van der Waals surface area contributed by atoms with Crippen molar-refractivity contribution in [3.8, 4) is 67.3 Å². The van der Waals surface area contributed by atoms with E-state index < -0.39 is 5.41 Å². The maximum absolute atomic E-state index is 2.70. The van der Waals surface area contributed by atoms with Crippen LogP contribution in [0.4, 0.5) is 68.2 Å². The predicted molar refractivity (Wildman–Crippen MR) is 611 cm³/mol. The number of aromatic nitrogens is 4. The molecule has 0 spiro atoms.